The van der Waals surface area contributed by atoms with Crippen LogP contribution in [0.15, 0.2) is 36.4 Å². The van der Waals surface area contributed by atoms with Crippen LogP contribution in [0.1, 0.15) is 55.9 Å². The Morgan fingerprint density at radius 1 is 1.15 bits per heavy atom. The SMILES string of the molecule is [C-]#[N+]C(C)(C)Cc1cccc2c1nc1c([n+]2C)-c2c(C)c(C)cc3cc(C(C)C)cc(c23)O1. The van der Waals surface area contributed by atoms with Crippen molar-refractivity contribution in [3.8, 4) is 22.9 Å². The highest BCUT2D eigenvalue weighted by atomic mass is 16.5. The zero-order valence-corrected chi connectivity index (χ0v) is 20.5. The van der Waals surface area contributed by atoms with Crippen molar-refractivity contribution in [2.45, 2.75) is 59.4 Å². The zero-order chi connectivity index (χ0) is 23.7. The molecule has 5 rings (SSSR count). The fraction of sp³-hybridized carbons (Fsp3) is 0.345. The van der Waals surface area contributed by atoms with Crippen molar-refractivity contribution >= 4 is 21.8 Å². The van der Waals surface area contributed by atoms with Crippen molar-refractivity contribution in [1.82, 2.24) is 4.98 Å². The van der Waals surface area contributed by atoms with E-state index in [1.807, 2.05) is 13.8 Å². The second-order valence-corrected chi connectivity index (χ2v) is 10.3. The Morgan fingerprint density at radius 3 is 2.61 bits per heavy atom. The van der Waals surface area contributed by atoms with Gasteiger partial charge in [0.1, 0.15) is 18.3 Å². The van der Waals surface area contributed by atoms with E-state index in [-0.39, 0.29) is 0 Å². The lowest BCUT2D eigenvalue weighted by Gasteiger charge is -2.23. The average Bonchev–Trinajstić information content (AvgIpc) is 2.76. The van der Waals surface area contributed by atoms with Gasteiger partial charge < -0.3 is 9.58 Å². The monoisotopic (exact) mass is 436 g/mol. The van der Waals surface area contributed by atoms with E-state index in [2.05, 4.69) is 80.6 Å². The molecule has 4 heteroatoms. The molecule has 4 nitrogen and oxygen atoms in total. The van der Waals surface area contributed by atoms with Gasteiger partial charge in [0, 0.05) is 25.3 Å². The average molecular weight is 437 g/mol. The van der Waals surface area contributed by atoms with E-state index in [4.69, 9.17) is 16.3 Å². The summed E-state index contributed by atoms with van der Waals surface area (Å²) < 4.78 is 8.76. The highest BCUT2D eigenvalue weighted by Gasteiger charge is 2.34. The molecule has 0 spiro atoms. The predicted octanol–water partition coefficient (Wildman–Crippen LogP) is 6.97. The molecule has 1 aliphatic rings. The lowest BCUT2D eigenvalue weighted by Crippen LogP contribution is -2.35. The molecule has 33 heavy (non-hydrogen) atoms. The minimum absolute atomic E-state index is 0.406. The van der Waals surface area contributed by atoms with Crippen LogP contribution in [0.25, 0.3) is 37.9 Å². The fourth-order valence-electron chi connectivity index (χ4n) is 4.97. The molecule has 3 aromatic carbocycles. The molecular weight excluding hydrogens is 406 g/mol. The van der Waals surface area contributed by atoms with Gasteiger partial charge in [-0.25, -0.2) is 11.6 Å². The van der Waals surface area contributed by atoms with Crippen LogP contribution in [-0.2, 0) is 13.5 Å². The summed E-state index contributed by atoms with van der Waals surface area (Å²) in [5.74, 6) is 1.93. The van der Waals surface area contributed by atoms with Gasteiger partial charge in [-0.2, -0.15) is 4.57 Å². The first-order valence-corrected chi connectivity index (χ1v) is 11.6. The topological polar surface area (TPSA) is 30.4 Å². The van der Waals surface area contributed by atoms with E-state index < -0.39 is 5.54 Å². The van der Waals surface area contributed by atoms with Crippen molar-refractivity contribution in [3.63, 3.8) is 0 Å². The molecule has 0 saturated carbocycles. The maximum absolute atomic E-state index is 7.57. The number of fused-ring (bicyclic) bond motifs is 3. The first-order valence-electron chi connectivity index (χ1n) is 11.6. The smallest absolute Gasteiger partial charge is 0.294 e. The Bertz CT molecular complexity index is 1510. The number of rotatable bonds is 3. The Balaban J connectivity index is 1.86. The summed E-state index contributed by atoms with van der Waals surface area (Å²) in [6.45, 7) is 20.3. The van der Waals surface area contributed by atoms with Gasteiger partial charge >= 0.3 is 0 Å². The van der Waals surface area contributed by atoms with Gasteiger partial charge in [0.15, 0.2) is 0 Å². The normalized spacial score (nSPS) is 12.7. The Hall–Kier alpha value is -3.45. The largest absolute Gasteiger partial charge is 0.433 e. The molecule has 1 aliphatic heterocycles. The fourth-order valence-corrected chi connectivity index (χ4v) is 4.97. The molecule has 0 bridgehead atoms. The van der Waals surface area contributed by atoms with Gasteiger partial charge in [-0.15, -0.1) is 0 Å². The predicted molar refractivity (Wildman–Crippen MR) is 134 cm³/mol. The van der Waals surface area contributed by atoms with Gasteiger partial charge in [-0.3, -0.25) is 0 Å². The summed E-state index contributed by atoms with van der Waals surface area (Å²) in [5.41, 5.74) is 8.55. The van der Waals surface area contributed by atoms with E-state index in [1.54, 1.807) is 0 Å². The molecule has 0 atom stereocenters. The summed E-state index contributed by atoms with van der Waals surface area (Å²) in [7, 11) is 2.09. The molecule has 4 aromatic rings. The van der Waals surface area contributed by atoms with E-state index in [0.29, 0.717) is 18.2 Å². The van der Waals surface area contributed by atoms with E-state index in [9.17, 15) is 0 Å². The number of para-hydroxylation sites is 1. The molecule has 0 fully saturated rings. The van der Waals surface area contributed by atoms with Crippen LogP contribution >= 0.6 is 0 Å². The second kappa shape index (κ2) is 7.28. The molecular formula is C29H30N3O+. The first kappa shape index (κ1) is 21.4. The second-order valence-electron chi connectivity index (χ2n) is 10.3. The molecule has 1 aromatic heterocycles. The van der Waals surface area contributed by atoms with Gasteiger partial charge in [-0.05, 0) is 53.5 Å². The van der Waals surface area contributed by atoms with Crippen molar-refractivity contribution in [2.24, 2.45) is 7.05 Å². The number of aryl methyl sites for hydroxylation is 2. The Morgan fingerprint density at radius 2 is 1.91 bits per heavy atom. The Labute approximate surface area is 195 Å². The van der Waals surface area contributed by atoms with Gasteiger partial charge in [0.25, 0.3) is 11.6 Å². The van der Waals surface area contributed by atoms with Gasteiger partial charge in [-0.1, -0.05) is 38.1 Å². The zero-order valence-electron chi connectivity index (χ0n) is 20.5. The van der Waals surface area contributed by atoms with Crippen LogP contribution in [0, 0.1) is 20.4 Å². The Kier molecular flexibility index (Phi) is 4.72. The van der Waals surface area contributed by atoms with Crippen molar-refractivity contribution in [2.75, 3.05) is 0 Å². The minimum atomic E-state index is -0.483. The van der Waals surface area contributed by atoms with Crippen molar-refractivity contribution in [3.05, 3.63) is 70.1 Å². The van der Waals surface area contributed by atoms with Crippen LogP contribution in [0.2, 0.25) is 0 Å². The molecule has 0 saturated heterocycles. The van der Waals surface area contributed by atoms with Crippen molar-refractivity contribution in [1.29, 1.82) is 0 Å². The molecule has 0 amide bonds. The molecule has 0 aliphatic carbocycles. The summed E-state index contributed by atoms with van der Waals surface area (Å²) in [4.78, 5) is 8.90. The number of hydrogen-bond acceptors (Lipinski definition) is 2. The summed E-state index contributed by atoms with van der Waals surface area (Å²) >= 11 is 0. The minimum Gasteiger partial charge on any atom is -0.433 e. The lowest BCUT2D eigenvalue weighted by molar-refractivity contribution is -0.634. The third kappa shape index (κ3) is 3.26. The molecule has 166 valence electrons. The number of nitrogens with zero attached hydrogens (tertiary/aromatic N) is 3. The third-order valence-corrected chi connectivity index (χ3v) is 6.99. The number of aromatic nitrogens is 2. The van der Waals surface area contributed by atoms with Crippen LogP contribution in [-0.4, -0.2) is 10.5 Å². The standard InChI is InChI=1S/C29H30N3O/c1-16(2)20-13-21-12-17(3)18(4)24-25(21)23(14-20)33-28-27(24)32(8)22-11-9-10-19(26(22)31-28)15-29(5,6)30-7/h9-14,16H,15H2,1-6,8H3/q+1. The summed E-state index contributed by atoms with van der Waals surface area (Å²) in [6.07, 6.45) is 0.640. The maximum atomic E-state index is 7.57. The number of ether oxygens (including phenoxy) is 1. The molecule has 0 unspecified atom stereocenters. The highest BCUT2D eigenvalue weighted by molar-refractivity contribution is 6.05. The molecule has 0 N–H and O–H groups in total. The van der Waals surface area contributed by atoms with Crippen LogP contribution in [0.4, 0.5) is 0 Å². The first-order chi connectivity index (χ1) is 15.6. The summed E-state index contributed by atoms with van der Waals surface area (Å²) in [6, 6.07) is 13.0. The van der Waals surface area contributed by atoms with Crippen LogP contribution in [0.5, 0.6) is 11.6 Å². The third-order valence-electron chi connectivity index (χ3n) is 6.99. The van der Waals surface area contributed by atoms with Crippen LogP contribution < -0.4 is 9.30 Å². The van der Waals surface area contributed by atoms with Crippen LogP contribution in [0.3, 0.4) is 0 Å². The molecule has 2 heterocycles. The van der Waals surface area contributed by atoms with Crippen molar-refractivity contribution < 1.29 is 9.30 Å². The van der Waals surface area contributed by atoms with Gasteiger partial charge in [0.05, 0.1) is 12.0 Å². The number of hydrogen-bond donors (Lipinski definition) is 0. The van der Waals surface area contributed by atoms with Gasteiger partial charge in [0.2, 0.25) is 11.1 Å². The highest BCUT2D eigenvalue weighted by Crippen LogP contribution is 2.48. The van der Waals surface area contributed by atoms with E-state index in [1.165, 1.54) is 27.6 Å². The van der Waals surface area contributed by atoms with E-state index in [0.717, 1.165) is 33.4 Å². The van der Waals surface area contributed by atoms with E-state index >= 15 is 0 Å². The maximum Gasteiger partial charge on any atom is 0.294 e. The number of benzene rings is 3. The molecule has 0 radical (unpaired) electrons. The lowest BCUT2D eigenvalue weighted by atomic mass is 9.88. The quantitative estimate of drug-likeness (QED) is 0.226. The summed E-state index contributed by atoms with van der Waals surface area (Å²) in [5, 5.41) is 2.38.